The van der Waals surface area contributed by atoms with Gasteiger partial charge in [-0.05, 0) is 0 Å². The molecule has 0 aromatic rings. The van der Waals surface area contributed by atoms with Gasteiger partial charge in [0.2, 0.25) is 5.91 Å². The van der Waals surface area contributed by atoms with E-state index in [1.165, 1.54) is 4.90 Å². The Morgan fingerprint density at radius 1 is 1.00 bits per heavy atom. The molecule has 2 rings (SSSR count). The van der Waals surface area contributed by atoms with Crippen molar-refractivity contribution in [2.24, 2.45) is 0 Å². The van der Waals surface area contributed by atoms with Gasteiger partial charge < -0.3 is 10.2 Å². The SMILES string of the molecule is Cl.FC1(F)CCNCC1.O=C(CCl)N1CCC(F)(F)CC1. The molecule has 0 bridgehead atoms. The minimum absolute atomic E-state index is 0. The smallest absolute Gasteiger partial charge is 0.251 e. The predicted octanol–water partition coefficient (Wildman–Crippen LogP) is 2.91. The highest BCUT2D eigenvalue weighted by Crippen LogP contribution is 2.27. The summed E-state index contributed by atoms with van der Waals surface area (Å²) in [5.74, 6) is -5.35. The summed E-state index contributed by atoms with van der Waals surface area (Å²) in [7, 11) is 0. The van der Waals surface area contributed by atoms with Crippen LogP contribution in [0.3, 0.4) is 0 Å². The number of carbonyl (C=O) groups is 1. The van der Waals surface area contributed by atoms with E-state index in [0.29, 0.717) is 13.1 Å². The van der Waals surface area contributed by atoms with Crippen LogP contribution in [0.25, 0.3) is 0 Å². The Morgan fingerprint density at radius 3 is 1.76 bits per heavy atom. The lowest BCUT2D eigenvalue weighted by atomic mass is 10.1. The summed E-state index contributed by atoms with van der Waals surface area (Å²) in [5, 5.41) is 2.86. The number of hydrogen-bond acceptors (Lipinski definition) is 2. The summed E-state index contributed by atoms with van der Waals surface area (Å²) < 4.78 is 49.5. The first-order chi connectivity index (χ1) is 9.26. The number of halogens is 6. The molecule has 2 saturated heterocycles. The van der Waals surface area contributed by atoms with Gasteiger partial charge in [-0.1, -0.05) is 0 Å². The molecular weight excluding hydrogens is 335 g/mol. The van der Waals surface area contributed by atoms with E-state index in [1.54, 1.807) is 0 Å². The monoisotopic (exact) mass is 354 g/mol. The van der Waals surface area contributed by atoms with Crippen LogP contribution in [0, 0.1) is 0 Å². The summed E-state index contributed by atoms with van der Waals surface area (Å²) in [5.41, 5.74) is 0. The van der Waals surface area contributed by atoms with Crippen molar-refractivity contribution < 1.29 is 22.4 Å². The van der Waals surface area contributed by atoms with Crippen LogP contribution in [-0.2, 0) is 4.79 Å². The Morgan fingerprint density at radius 2 is 1.43 bits per heavy atom. The Balaban J connectivity index is 0.000000390. The van der Waals surface area contributed by atoms with E-state index in [2.05, 4.69) is 5.32 Å². The van der Waals surface area contributed by atoms with Gasteiger partial charge >= 0.3 is 0 Å². The molecule has 2 aliphatic heterocycles. The molecule has 2 fully saturated rings. The average molecular weight is 355 g/mol. The second-order valence-corrected chi connectivity index (χ2v) is 5.24. The lowest BCUT2D eigenvalue weighted by molar-refractivity contribution is -0.134. The van der Waals surface area contributed by atoms with Crippen LogP contribution in [0.4, 0.5) is 17.6 Å². The maximum Gasteiger partial charge on any atom is 0.251 e. The zero-order chi connectivity index (χ0) is 15.2. The average Bonchev–Trinajstić information content (AvgIpc) is 2.38. The fraction of sp³-hybridized carbons (Fsp3) is 0.917. The van der Waals surface area contributed by atoms with Gasteiger partial charge in [-0.3, -0.25) is 4.79 Å². The summed E-state index contributed by atoms with van der Waals surface area (Å²) >= 11 is 5.28. The number of likely N-dealkylation sites (tertiary alicyclic amines) is 1. The molecule has 3 nitrogen and oxygen atoms in total. The third kappa shape index (κ3) is 8.07. The van der Waals surface area contributed by atoms with E-state index in [4.69, 9.17) is 11.6 Å². The number of carbonyl (C=O) groups excluding carboxylic acids is 1. The van der Waals surface area contributed by atoms with Crippen LogP contribution in [0.2, 0.25) is 0 Å². The summed E-state index contributed by atoms with van der Waals surface area (Å²) in [6.45, 7) is 1.18. The topological polar surface area (TPSA) is 32.3 Å². The first-order valence-electron chi connectivity index (χ1n) is 6.56. The molecule has 126 valence electrons. The van der Waals surface area contributed by atoms with Crippen molar-refractivity contribution in [2.75, 3.05) is 32.1 Å². The van der Waals surface area contributed by atoms with Crippen LogP contribution in [0.1, 0.15) is 25.7 Å². The van der Waals surface area contributed by atoms with E-state index >= 15 is 0 Å². The van der Waals surface area contributed by atoms with Gasteiger partial charge in [0.25, 0.3) is 11.8 Å². The highest BCUT2D eigenvalue weighted by molar-refractivity contribution is 6.27. The first kappa shape index (κ1) is 20.7. The standard InChI is InChI=1S/C7H10ClF2NO.C5H9F2N.ClH/c8-5-6(12)11-3-1-7(9,10)2-4-11;6-5(7)1-3-8-4-2-5;/h1-5H2;8H,1-4H2;1H. The number of rotatable bonds is 1. The van der Waals surface area contributed by atoms with Crippen molar-refractivity contribution >= 4 is 29.9 Å². The number of alkyl halides is 5. The van der Waals surface area contributed by atoms with Gasteiger partial charge in [-0.2, -0.15) is 0 Å². The van der Waals surface area contributed by atoms with Gasteiger partial charge in [0.05, 0.1) is 0 Å². The fourth-order valence-electron chi connectivity index (χ4n) is 1.96. The Labute approximate surface area is 132 Å². The van der Waals surface area contributed by atoms with Crippen molar-refractivity contribution in [3.8, 4) is 0 Å². The van der Waals surface area contributed by atoms with Crippen LogP contribution < -0.4 is 5.32 Å². The number of piperidine rings is 2. The lowest BCUT2D eigenvalue weighted by Crippen LogP contribution is -2.43. The van der Waals surface area contributed by atoms with Crippen molar-refractivity contribution in [3.05, 3.63) is 0 Å². The zero-order valence-electron chi connectivity index (χ0n) is 11.5. The fourth-order valence-corrected chi connectivity index (χ4v) is 2.13. The number of nitrogens with zero attached hydrogens (tertiary/aromatic N) is 1. The molecular formula is C12H20Cl2F4N2O. The van der Waals surface area contributed by atoms with Crippen molar-refractivity contribution in [1.29, 1.82) is 0 Å². The molecule has 0 saturated carbocycles. The van der Waals surface area contributed by atoms with Crippen molar-refractivity contribution in [2.45, 2.75) is 37.5 Å². The summed E-state index contributed by atoms with van der Waals surface area (Å²) in [6.07, 6.45) is -0.467. The van der Waals surface area contributed by atoms with Gasteiger partial charge in [-0.15, -0.1) is 24.0 Å². The second-order valence-electron chi connectivity index (χ2n) is 4.98. The molecule has 1 N–H and O–H groups in total. The molecule has 21 heavy (non-hydrogen) atoms. The van der Waals surface area contributed by atoms with Crippen molar-refractivity contribution in [3.63, 3.8) is 0 Å². The molecule has 9 heteroatoms. The van der Waals surface area contributed by atoms with Gasteiger partial charge in [0, 0.05) is 51.9 Å². The number of amides is 1. The third-order valence-corrected chi connectivity index (χ3v) is 3.53. The molecule has 1 amide bonds. The van der Waals surface area contributed by atoms with Crippen LogP contribution in [0.15, 0.2) is 0 Å². The highest BCUT2D eigenvalue weighted by atomic mass is 35.5. The summed E-state index contributed by atoms with van der Waals surface area (Å²) in [4.78, 5) is 12.3. The largest absolute Gasteiger partial charge is 0.341 e. The highest BCUT2D eigenvalue weighted by Gasteiger charge is 2.35. The maximum absolute atomic E-state index is 12.6. The molecule has 0 spiro atoms. The number of nitrogens with one attached hydrogen (secondary N) is 1. The van der Waals surface area contributed by atoms with Crippen molar-refractivity contribution in [1.82, 2.24) is 10.2 Å². The maximum atomic E-state index is 12.6. The molecule has 0 aliphatic carbocycles. The minimum atomic E-state index is -2.59. The second kappa shape index (κ2) is 9.00. The van der Waals surface area contributed by atoms with E-state index in [0.717, 1.165) is 0 Å². The molecule has 0 atom stereocenters. The molecule has 0 unspecified atom stereocenters. The van der Waals surface area contributed by atoms with E-state index in [1.807, 2.05) is 0 Å². The number of hydrogen-bond donors (Lipinski definition) is 1. The normalized spacial score (nSPS) is 23.4. The molecule has 2 heterocycles. The molecule has 0 aromatic carbocycles. The Kier molecular flexibility index (Phi) is 8.89. The Bertz CT molecular complexity index is 314. The predicted molar refractivity (Wildman–Crippen MR) is 75.8 cm³/mol. The molecule has 0 radical (unpaired) electrons. The third-order valence-electron chi connectivity index (χ3n) is 3.30. The van der Waals surface area contributed by atoms with E-state index in [9.17, 15) is 22.4 Å². The van der Waals surface area contributed by atoms with Crippen LogP contribution in [0.5, 0.6) is 0 Å². The molecule has 0 aromatic heterocycles. The van der Waals surface area contributed by atoms with Crippen LogP contribution in [-0.4, -0.2) is 54.7 Å². The van der Waals surface area contributed by atoms with Crippen LogP contribution >= 0.6 is 24.0 Å². The Hall–Kier alpha value is -0.270. The van der Waals surface area contributed by atoms with Gasteiger partial charge in [-0.25, -0.2) is 17.6 Å². The molecule has 2 aliphatic rings. The quantitative estimate of drug-likeness (QED) is 0.580. The van der Waals surface area contributed by atoms with E-state index < -0.39 is 11.8 Å². The van der Waals surface area contributed by atoms with E-state index in [-0.39, 0.29) is 63.0 Å². The summed E-state index contributed by atoms with van der Waals surface area (Å²) in [6, 6.07) is 0. The lowest BCUT2D eigenvalue weighted by Gasteiger charge is -2.31. The van der Waals surface area contributed by atoms with Gasteiger partial charge in [0.1, 0.15) is 5.88 Å². The first-order valence-corrected chi connectivity index (χ1v) is 7.09. The minimum Gasteiger partial charge on any atom is -0.341 e. The zero-order valence-corrected chi connectivity index (χ0v) is 13.1. The van der Waals surface area contributed by atoms with Gasteiger partial charge in [0.15, 0.2) is 0 Å².